The van der Waals surface area contributed by atoms with Gasteiger partial charge in [-0.2, -0.15) is 0 Å². The maximum atomic E-state index is 2.38. The molecule has 52 valence electrons. The fourth-order valence-electron chi connectivity index (χ4n) is 1.28. The topological polar surface area (TPSA) is 6.48 Å². The van der Waals surface area contributed by atoms with Gasteiger partial charge in [0.1, 0.15) is 0 Å². The third-order valence-corrected chi connectivity index (χ3v) is 2.30. The molecule has 3 heteroatoms. The molecule has 1 rings (SSSR count). The molecule has 1 fully saturated rings. The van der Waals surface area contributed by atoms with Crippen molar-refractivity contribution in [2.75, 3.05) is 27.2 Å². The van der Waals surface area contributed by atoms with Gasteiger partial charge in [-0.3, -0.25) is 0 Å². The minimum Gasteiger partial charge on any atom is -0.331 e. The molecule has 0 unspecified atom stereocenters. The Kier molecular flexibility index (Phi) is 2.14. The molecule has 0 radical (unpaired) electrons. The lowest BCUT2D eigenvalue weighted by atomic mass is 9.73. The van der Waals surface area contributed by atoms with Crippen molar-refractivity contribution in [1.82, 2.24) is 9.62 Å². The molecule has 1 aliphatic rings. The zero-order valence-corrected chi connectivity index (χ0v) is 6.59. The Bertz CT molecular complexity index is 87.1. The highest BCUT2D eigenvalue weighted by Gasteiger charge is 2.22. The highest BCUT2D eigenvalue weighted by molar-refractivity contribution is 6.51. The first-order chi connectivity index (χ1) is 4.22. The Balaban J connectivity index is 2.41. The van der Waals surface area contributed by atoms with Crippen LogP contribution in [0.15, 0.2) is 0 Å². The van der Waals surface area contributed by atoms with Crippen molar-refractivity contribution in [1.29, 1.82) is 0 Å². The lowest BCUT2D eigenvalue weighted by Crippen LogP contribution is -2.52. The van der Waals surface area contributed by atoms with Crippen molar-refractivity contribution in [3.8, 4) is 0 Å². The first kappa shape index (κ1) is 7.10. The maximum absolute atomic E-state index is 2.38. The van der Waals surface area contributed by atoms with E-state index in [4.69, 9.17) is 0 Å². The minimum atomic E-state index is 0.638. The molecule has 0 N–H and O–H groups in total. The van der Waals surface area contributed by atoms with Crippen LogP contribution >= 0.6 is 0 Å². The summed E-state index contributed by atoms with van der Waals surface area (Å²) in [6.45, 7) is 5.40. The maximum Gasteiger partial charge on any atom is 0.307 e. The van der Waals surface area contributed by atoms with Crippen LogP contribution in [0, 0.1) is 0 Å². The van der Waals surface area contributed by atoms with Crippen LogP contribution in [0.25, 0.3) is 0 Å². The second kappa shape index (κ2) is 2.71. The molecule has 0 aromatic heterocycles. The van der Waals surface area contributed by atoms with E-state index in [1.54, 1.807) is 0 Å². The number of nitrogens with zero attached hydrogens (tertiary/aromatic N) is 2. The third-order valence-electron chi connectivity index (χ3n) is 2.30. The predicted molar refractivity (Wildman–Crippen MR) is 41.5 cm³/mol. The number of hydrogen-bond donors (Lipinski definition) is 0. The zero-order valence-electron chi connectivity index (χ0n) is 6.59. The van der Waals surface area contributed by atoms with Crippen LogP contribution in [-0.4, -0.2) is 43.8 Å². The summed E-state index contributed by atoms with van der Waals surface area (Å²) in [5.74, 6) is 0. The van der Waals surface area contributed by atoms with Crippen molar-refractivity contribution in [3.63, 3.8) is 0 Å². The molecular formula is C6H15BN2. The molecule has 1 saturated heterocycles. The molecule has 0 aliphatic carbocycles. The van der Waals surface area contributed by atoms with E-state index in [9.17, 15) is 0 Å². The monoisotopic (exact) mass is 126 g/mol. The normalized spacial score (nSPS) is 25.0. The lowest BCUT2D eigenvalue weighted by Gasteiger charge is -2.34. The summed E-state index contributed by atoms with van der Waals surface area (Å²) in [6.07, 6.45) is 1.32. The Hall–Kier alpha value is -0.0151. The fourth-order valence-corrected chi connectivity index (χ4v) is 1.28. The van der Waals surface area contributed by atoms with Gasteiger partial charge in [-0.1, -0.05) is 6.82 Å². The van der Waals surface area contributed by atoms with Gasteiger partial charge in [0.2, 0.25) is 0 Å². The molecule has 0 amide bonds. The van der Waals surface area contributed by atoms with E-state index < -0.39 is 0 Å². The van der Waals surface area contributed by atoms with Gasteiger partial charge in [0, 0.05) is 0 Å². The van der Waals surface area contributed by atoms with Crippen molar-refractivity contribution in [2.45, 2.75) is 13.2 Å². The molecule has 2 nitrogen and oxygen atoms in total. The SMILES string of the molecule is CB1N(C)CCCN1C. The van der Waals surface area contributed by atoms with E-state index in [2.05, 4.69) is 30.5 Å². The second-order valence-electron chi connectivity index (χ2n) is 2.95. The van der Waals surface area contributed by atoms with Crippen LogP contribution in [0.4, 0.5) is 0 Å². The van der Waals surface area contributed by atoms with Gasteiger partial charge >= 0.3 is 6.98 Å². The van der Waals surface area contributed by atoms with Crippen LogP contribution in [0.1, 0.15) is 6.42 Å². The molecule has 9 heavy (non-hydrogen) atoms. The molecule has 1 heterocycles. The molecule has 0 aromatic rings. The molecule has 0 bridgehead atoms. The van der Waals surface area contributed by atoms with Crippen molar-refractivity contribution >= 4 is 6.98 Å². The van der Waals surface area contributed by atoms with Gasteiger partial charge in [0.25, 0.3) is 0 Å². The summed E-state index contributed by atoms with van der Waals surface area (Å²) in [5, 5.41) is 0. The molecule has 0 spiro atoms. The van der Waals surface area contributed by atoms with E-state index in [0.29, 0.717) is 6.98 Å². The van der Waals surface area contributed by atoms with Gasteiger partial charge in [-0.15, -0.1) is 0 Å². The lowest BCUT2D eigenvalue weighted by molar-refractivity contribution is 0.347. The molecule has 0 saturated carbocycles. The van der Waals surface area contributed by atoms with E-state index in [-0.39, 0.29) is 0 Å². The summed E-state index contributed by atoms with van der Waals surface area (Å²) in [4.78, 5) is 4.76. The van der Waals surface area contributed by atoms with Crippen LogP contribution in [0.3, 0.4) is 0 Å². The predicted octanol–water partition coefficient (Wildman–Crippen LogP) is 0.372. The molecule has 1 aliphatic heterocycles. The second-order valence-corrected chi connectivity index (χ2v) is 2.95. The first-order valence-electron chi connectivity index (χ1n) is 3.62. The number of hydrogen-bond acceptors (Lipinski definition) is 2. The number of rotatable bonds is 0. The summed E-state index contributed by atoms with van der Waals surface area (Å²) < 4.78 is 0. The quantitative estimate of drug-likeness (QED) is 0.432. The van der Waals surface area contributed by atoms with E-state index >= 15 is 0 Å². The minimum absolute atomic E-state index is 0.638. The molecular weight excluding hydrogens is 111 g/mol. The summed E-state index contributed by atoms with van der Waals surface area (Å²) in [5.41, 5.74) is 0. The van der Waals surface area contributed by atoms with E-state index in [1.165, 1.54) is 19.5 Å². The largest absolute Gasteiger partial charge is 0.331 e. The van der Waals surface area contributed by atoms with Crippen LogP contribution in [0.5, 0.6) is 0 Å². The van der Waals surface area contributed by atoms with Gasteiger partial charge in [0.15, 0.2) is 0 Å². The Labute approximate surface area is 57.9 Å². The Morgan fingerprint density at radius 2 is 1.56 bits per heavy atom. The van der Waals surface area contributed by atoms with Gasteiger partial charge in [0.05, 0.1) is 0 Å². The fraction of sp³-hybridized carbons (Fsp3) is 1.00. The first-order valence-corrected chi connectivity index (χ1v) is 3.62. The average Bonchev–Trinajstić information content (AvgIpc) is 1.83. The van der Waals surface area contributed by atoms with Crippen LogP contribution in [0.2, 0.25) is 6.82 Å². The molecule has 0 atom stereocenters. The standard InChI is InChI=1S/C6H15BN2/c1-7-8(2)5-4-6-9(7)3/h4-6H2,1-3H3. The zero-order chi connectivity index (χ0) is 6.85. The summed E-state index contributed by atoms with van der Waals surface area (Å²) in [6, 6.07) is 0. The van der Waals surface area contributed by atoms with Crippen molar-refractivity contribution < 1.29 is 0 Å². The summed E-state index contributed by atoms with van der Waals surface area (Å²) in [7, 11) is 4.36. The van der Waals surface area contributed by atoms with Gasteiger partial charge < -0.3 is 9.62 Å². The van der Waals surface area contributed by atoms with E-state index in [0.717, 1.165) is 0 Å². The smallest absolute Gasteiger partial charge is 0.307 e. The van der Waals surface area contributed by atoms with Crippen LogP contribution in [-0.2, 0) is 0 Å². The van der Waals surface area contributed by atoms with Crippen molar-refractivity contribution in [2.24, 2.45) is 0 Å². The third kappa shape index (κ3) is 1.46. The highest BCUT2D eigenvalue weighted by Crippen LogP contribution is 2.04. The Morgan fingerprint density at radius 1 is 1.11 bits per heavy atom. The average molecular weight is 126 g/mol. The summed E-state index contributed by atoms with van der Waals surface area (Å²) >= 11 is 0. The van der Waals surface area contributed by atoms with E-state index in [1.807, 2.05) is 0 Å². The Morgan fingerprint density at radius 3 is 1.89 bits per heavy atom. The molecule has 0 aromatic carbocycles. The van der Waals surface area contributed by atoms with Crippen LogP contribution < -0.4 is 0 Å². The highest BCUT2D eigenvalue weighted by atomic mass is 15.2. The van der Waals surface area contributed by atoms with Gasteiger partial charge in [-0.25, -0.2) is 0 Å². The van der Waals surface area contributed by atoms with Gasteiger partial charge in [-0.05, 0) is 33.6 Å². The van der Waals surface area contributed by atoms with Crippen molar-refractivity contribution in [3.05, 3.63) is 0 Å².